The first-order chi connectivity index (χ1) is 11.8. The van der Waals surface area contributed by atoms with Gasteiger partial charge in [-0.1, -0.05) is 0 Å². The molecule has 0 saturated carbocycles. The van der Waals surface area contributed by atoms with Crippen LogP contribution in [-0.4, -0.2) is 98.2 Å². The molecule has 0 aromatic carbocycles. The number of esters is 1. The predicted octanol–water partition coefficient (Wildman–Crippen LogP) is 0.498. The van der Waals surface area contributed by atoms with Crippen LogP contribution in [0.25, 0.3) is 0 Å². The molecule has 0 aliphatic carbocycles. The summed E-state index contributed by atoms with van der Waals surface area (Å²) in [7, 11) is 1.32. The summed E-state index contributed by atoms with van der Waals surface area (Å²) in [6.45, 7) is 5.32. The summed E-state index contributed by atoms with van der Waals surface area (Å²) in [6.07, 6.45) is 0. The van der Waals surface area contributed by atoms with Crippen molar-refractivity contribution in [3.63, 3.8) is 0 Å². The topological polar surface area (TPSA) is 81.7 Å². The SMILES string of the molecule is COC(=O)COCCOCCOCCOCCOCCOCCCl. The average Bonchev–Trinajstić information content (AvgIpc) is 2.60. The fourth-order valence-electron chi connectivity index (χ4n) is 1.37. The second-order valence-corrected chi connectivity index (χ2v) is 4.76. The summed E-state index contributed by atoms with van der Waals surface area (Å²) >= 11 is 5.46. The van der Waals surface area contributed by atoms with Crippen molar-refractivity contribution >= 4 is 17.6 Å². The minimum Gasteiger partial charge on any atom is -0.467 e. The van der Waals surface area contributed by atoms with Crippen molar-refractivity contribution in [2.75, 3.05) is 92.3 Å². The first-order valence-corrected chi connectivity index (χ1v) is 8.44. The molecule has 0 atom stereocenters. The molecule has 0 aromatic rings. The second kappa shape index (κ2) is 20.6. The Hall–Kier alpha value is -0.480. The van der Waals surface area contributed by atoms with Gasteiger partial charge in [-0.2, -0.15) is 0 Å². The predicted molar refractivity (Wildman–Crippen MR) is 87.7 cm³/mol. The molecule has 144 valence electrons. The number of ether oxygens (including phenoxy) is 7. The minimum atomic E-state index is -0.400. The number of methoxy groups -OCH3 is 1. The summed E-state index contributed by atoms with van der Waals surface area (Å²) in [5, 5.41) is 0. The molecular weight excluding hydrogens is 344 g/mol. The van der Waals surface area contributed by atoms with Crippen molar-refractivity contribution in [1.82, 2.24) is 0 Å². The zero-order valence-electron chi connectivity index (χ0n) is 14.3. The lowest BCUT2D eigenvalue weighted by molar-refractivity contribution is -0.146. The maximum Gasteiger partial charge on any atom is 0.331 e. The summed E-state index contributed by atoms with van der Waals surface area (Å²) in [5.74, 6) is 0.0977. The molecule has 0 amide bonds. The molecule has 0 fully saturated rings. The molecule has 0 spiro atoms. The van der Waals surface area contributed by atoms with E-state index in [0.717, 1.165) is 0 Å². The van der Waals surface area contributed by atoms with E-state index in [1.807, 2.05) is 0 Å². The molecule has 0 aliphatic heterocycles. The Balaban J connectivity index is 2.99. The number of hydrogen-bond donors (Lipinski definition) is 0. The first-order valence-electron chi connectivity index (χ1n) is 7.90. The van der Waals surface area contributed by atoms with E-state index in [1.54, 1.807) is 0 Å². The van der Waals surface area contributed by atoms with Gasteiger partial charge in [0.1, 0.15) is 6.61 Å². The first kappa shape index (κ1) is 23.5. The quantitative estimate of drug-likeness (QED) is 0.184. The maximum atomic E-state index is 10.7. The smallest absolute Gasteiger partial charge is 0.331 e. The molecular formula is C15H29ClO8. The van der Waals surface area contributed by atoms with Crippen LogP contribution in [0, 0.1) is 0 Å². The zero-order chi connectivity index (χ0) is 17.7. The molecule has 0 N–H and O–H groups in total. The lowest BCUT2D eigenvalue weighted by atomic mass is 10.6. The highest BCUT2D eigenvalue weighted by molar-refractivity contribution is 6.17. The number of carbonyl (C=O) groups is 1. The minimum absolute atomic E-state index is 0.0577. The molecule has 9 heteroatoms. The Labute approximate surface area is 148 Å². The van der Waals surface area contributed by atoms with Gasteiger partial charge in [0.15, 0.2) is 0 Å². The van der Waals surface area contributed by atoms with Gasteiger partial charge in [0, 0.05) is 5.88 Å². The number of hydrogen-bond acceptors (Lipinski definition) is 8. The van der Waals surface area contributed by atoms with Crippen LogP contribution in [0.5, 0.6) is 0 Å². The van der Waals surface area contributed by atoms with E-state index in [2.05, 4.69) is 4.74 Å². The van der Waals surface area contributed by atoms with E-state index in [9.17, 15) is 4.79 Å². The van der Waals surface area contributed by atoms with Crippen LogP contribution in [-0.2, 0) is 38.0 Å². The highest BCUT2D eigenvalue weighted by atomic mass is 35.5. The molecule has 24 heavy (non-hydrogen) atoms. The monoisotopic (exact) mass is 372 g/mol. The van der Waals surface area contributed by atoms with Crippen LogP contribution in [0.4, 0.5) is 0 Å². The maximum absolute atomic E-state index is 10.7. The Kier molecular flexibility index (Phi) is 20.2. The summed E-state index contributed by atoms with van der Waals surface area (Å²) in [6, 6.07) is 0. The highest BCUT2D eigenvalue weighted by Gasteiger charge is 1.98. The van der Waals surface area contributed by atoms with Crippen molar-refractivity contribution < 1.29 is 38.0 Å². The van der Waals surface area contributed by atoms with Gasteiger partial charge in [-0.05, 0) is 0 Å². The third-order valence-corrected chi connectivity index (χ3v) is 2.68. The van der Waals surface area contributed by atoms with E-state index >= 15 is 0 Å². The Morgan fingerprint density at radius 3 is 1.29 bits per heavy atom. The molecule has 0 rings (SSSR count). The third kappa shape index (κ3) is 19.6. The molecule has 0 aliphatic rings. The number of carbonyl (C=O) groups excluding carboxylic acids is 1. The fourth-order valence-corrected chi connectivity index (χ4v) is 1.48. The van der Waals surface area contributed by atoms with Crippen molar-refractivity contribution in [2.45, 2.75) is 0 Å². The van der Waals surface area contributed by atoms with Gasteiger partial charge in [-0.3, -0.25) is 0 Å². The van der Waals surface area contributed by atoms with Crippen molar-refractivity contribution in [1.29, 1.82) is 0 Å². The van der Waals surface area contributed by atoms with Gasteiger partial charge in [-0.15, -0.1) is 11.6 Å². The van der Waals surface area contributed by atoms with E-state index in [0.29, 0.717) is 78.6 Å². The number of alkyl halides is 1. The largest absolute Gasteiger partial charge is 0.467 e. The van der Waals surface area contributed by atoms with Gasteiger partial charge in [-0.25, -0.2) is 4.79 Å². The average molecular weight is 373 g/mol. The van der Waals surface area contributed by atoms with Gasteiger partial charge in [0.25, 0.3) is 0 Å². The van der Waals surface area contributed by atoms with E-state index in [4.69, 9.17) is 40.0 Å². The van der Waals surface area contributed by atoms with Crippen molar-refractivity contribution in [3.05, 3.63) is 0 Å². The van der Waals surface area contributed by atoms with Crippen LogP contribution in [0.3, 0.4) is 0 Å². The Bertz CT molecular complexity index is 268. The van der Waals surface area contributed by atoms with Crippen LogP contribution in [0.1, 0.15) is 0 Å². The standard InChI is InChI=1S/C15H29ClO8/c1-18-15(17)14-24-13-12-23-11-10-22-9-8-21-7-6-20-5-4-19-3-2-16/h2-14H2,1H3. The van der Waals surface area contributed by atoms with Gasteiger partial charge >= 0.3 is 5.97 Å². The molecule has 0 saturated heterocycles. The molecule has 0 radical (unpaired) electrons. The summed E-state index contributed by atoms with van der Waals surface area (Å²) < 4.78 is 35.8. The van der Waals surface area contributed by atoms with Gasteiger partial charge in [0.2, 0.25) is 0 Å². The van der Waals surface area contributed by atoms with Crippen molar-refractivity contribution in [2.24, 2.45) is 0 Å². The van der Waals surface area contributed by atoms with E-state index in [-0.39, 0.29) is 6.61 Å². The van der Waals surface area contributed by atoms with Crippen LogP contribution < -0.4 is 0 Å². The number of halogens is 1. The van der Waals surface area contributed by atoms with Crippen LogP contribution >= 0.6 is 11.6 Å². The summed E-state index contributed by atoms with van der Waals surface area (Å²) in [4.78, 5) is 10.7. The number of rotatable bonds is 19. The Morgan fingerprint density at radius 1 is 0.625 bits per heavy atom. The molecule has 0 aromatic heterocycles. The van der Waals surface area contributed by atoms with Gasteiger partial charge < -0.3 is 33.2 Å². The lowest BCUT2D eigenvalue weighted by Crippen LogP contribution is -2.15. The van der Waals surface area contributed by atoms with Gasteiger partial charge in [0.05, 0.1) is 79.8 Å². The molecule has 8 nitrogen and oxygen atoms in total. The van der Waals surface area contributed by atoms with Crippen molar-refractivity contribution in [3.8, 4) is 0 Å². The highest BCUT2D eigenvalue weighted by Crippen LogP contribution is 1.85. The third-order valence-electron chi connectivity index (χ3n) is 2.53. The second-order valence-electron chi connectivity index (χ2n) is 4.38. The zero-order valence-corrected chi connectivity index (χ0v) is 15.1. The van der Waals surface area contributed by atoms with Crippen LogP contribution in [0.2, 0.25) is 0 Å². The van der Waals surface area contributed by atoms with E-state index < -0.39 is 5.97 Å². The Morgan fingerprint density at radius 2 is 0.958 bits per heavy atom. The normalized spacial score (nSPS) is 10.9. The lowest BCUT2D eigenvalue weighted by Gasteiger charge is -2.08. The summed E-state index contributed by atoms with van der Waals surface area (Å²) in [5.41, 5.74) is 0. The van der Waals surface area contributed by atoms with E-state index in [1.165, 1.54) is 7.11 Å². The fraction of sp³-hybridized carbons (Fsp3) is 0.933. The molecule has 0 bridgehead atoms. The molecule has 0 unspecified atom stereocenters. The molecule has 0 heterocycles. The van der Waals surface area contributed by atoms with Crippen LogP contribution in [0.15, 0.2) is 0 Å².